The number of hydrogen-bond acceptors (Lipinski definition) is 4. The lowest BCUT2D eigenvalue weighted by atomic mass is 10.1. The van der Waals surface area contributed by atoms with E-state index in [1.807, 2.05) is 0 Å². The predicted octanol–water partition coefficient (Wildman–Crippen LogP) is 0.175. The van der Waals surface area contributed by atoms with Gasteiger partial charge in [-0.3, -0.25) is 4.79 Å². The number of para-hydroxylation sites is 1. The van der Waals surface area contributed by atoms with Crippen LogP contribution in [0.25, 0.3) is 0 Å². The summed E-state index contributed by atoms with van der Waals surface area (Å²) in [5, 5.41) is 21.1. The molecule has 0 radical (unpaired) electrons. The van der Waals surface area contributed by atoms with E-state index in [9.17, 15) is 15.0 Å². The van der Waals surface area contributed by atoms with Crippen LogP contribution in [0.3, 0.4) is 0 Å². The van der Waals surface area contributed by atoms with E-state index in [1.165, 1.54) is 18.2 Å². The minimum atomic E-state index is -0.458. The molecule has 0 heterocycles. The number of amides is 1. The third kappa shape index (κ3) is 2.85. The molecule has 5 nitrogen and oxygen atoms in total. The van der Waals surface area contributed by atoms with Crippen molar-refractivity contribution in [1.82, 2.24) is 5.32 Å². The van der Waals surface area contributed by atoms with Gasteiger partial charge in [0.2, 0.25) is 0 Å². The van der Waals surface area contributed by atoms with E-state index in [4.69, 9.17) is 5.73 Å². The van der Waals surface area contributed by atoms with Crippen LogP contribution in [0.5, 0.6) is 11.5 Å². The van der Waals surface area contributed by atoms with Gasteiger partial charge in [-0.2, -0.15) is 0 Å². The van der Waals surface area contributed by atoms with Gasteiger partial charge in [-0.25, -0.2) is 0 Å². The van der Waals surface area contributed by atoms with Crippen molar-refractivity contribution in [3.63, 3.8) is 0 Å². The summed E-state index contributed by atoms with van der Waals surface area (Å²) in [6.07, 6.45) is 0. The number of aromatic hydroxyl groups is 2. The van der Waals surface area contributed by atoms with Crippen LogP contribution in [0.15, 0.2) is 18.2 Å². The van der Waals surface area contributed by atoms with Crippen molar-refractivity contribution in [2.45, 2.75) is 13.0 Å². The van der Waals surface area contributed by atoms with Crippen LogP contribution in [-0.2, 0) is 0 Å². The van der Waals surface area contributed by atoms with Crippen LogP contribution in [0, 0.1) is 0 Å². The summed E-state index contributed by atoms with van der Waals surface area (Å²) in [6.45, 7) is 2.07. The Balaban J connectivity index is 2.78. The van der Waals surface area contributed by atoms with Gasteiger partial charge >= 0.3 is 0 Å². The summed E-state index contributed by atoms with van der Waals surface area (Å²) in [5.41, 5.74) is 5.50. The highest BCUT2D eigenvalue weighted by Crippen LogP contribution is 2.27. The second-order valence-corrected chi connectivity index (χ2v) is 3.36. The lowest BCUT2D eigenvalue weighted by molar-refractivity contribution is 0.0948. The summed E-state index contributed by atoms with van der Waals surface area (Å²) in [4.78, 5) is 11.5. The van der Waals surface area contributed by atoms with Crippen LogP contribution >= 0.6 is 0 Å². The normalized spacial score (nSPS) is 12.1. The molecule has 1 aromatic rings. The van der Waals surface area contributed by atoms with E-state index in [2.05, 4.69) is 5.32 Å². The van der Waals surface area contributed by atoms with E-state index in [-0.39, 0.29) is 17.4 Å². The summed E-state index contributed by atoms with van der Waals surface area (Å²) < 4.78 is 0. The fraction of sp³-hybridized carbons (Fsp3) is 0.300. The highest BCUT2D eigenvalue weighted by Gasteiger charge is 2.13. The van der Waals surface area contributed by atoms with Crippen molar-refractivity contribution >= 4 is 5.91 Å². The molecule has 1 rings (SSSR count). The smallest absolute Gasteiger partial charge is 0.255 e. The lowest BCUT2D eigenvalue weighted by Gasteiger charge is -2.09. The fourth-order valence-electron chi connectivity index (χ4n) is 1.06. The second-order valence-electron chi connectivity index (χ2n) is 3.36. The van der Waals surface area contributed by atoms with Crippen LogP contribution in [-0.4, -0.2) is 28.7 Å². The molecule has 0 saturated heterocycles. The SMILES string of the molecule is CC(N)CNC(=O)c1cccc(O)c1O. The molecule has 1 amide bonds. The molecule has 0 aromatic heterocycles. The maximum absolute atomic E-state index is 11.5. The second kappa shape index (κ2) is 4.65. The molecule has 15 heavy (non-hydrogen) atoms. The number of benzene rings is 1. The van der Waals surface area contributed by atoms with Gasteiger partial charge in [0.05, 0.1) is 5.56 Å². The number of hydrogen-bond donors (Lipinski definition) is 4. The Bertz CT molecular complexity index is 364. The number of rotatable bonds is 3. The van der Waals surface area contributed by atoms with Gasteiger partial charge in [0.25, 0.3) is 5.91 Å². The highest BCUT2D eigenvalue weighted by molar-refractivity contribution is 5.97. The Morgan fingerprint density at radius 3 is 2.80 bits per heavy atom. The number of carbonyl (C=O) groups excluding carboxylic acids is 1. The molecule has 0 bridgehead atoms. The molecule has 1 unspecified atom stereocenters. The molecule has 0 aliphatic heterocycles. The fourth-order valence-corrected chi connectivity index (χ4v) is 1.06. The topological polar surface area (TPSA) is 95.6 Å². The Morgan fingerprint density at radius 2 is 2.20 bits per heavy atom. The third-order valence-electron chi connectivity index (χ3n) is 1.84. The first-order valence-corrected chi connectivity index (χ1v) is 4.57. The third-order valence-corrected chi connectivity index (χ3v) is 1.84. The summed E-state index contributed by atoms with van der Waals surface area (Å²) in [5.74, 6) is -1.19. The van der Waals surface area contributed by atoms with Gasteiger partial charge in [-0.1, -0.05) is 6.07 Å². The Hall–Kier alpha value is -1.75. The Kier molecular flexibility index (Phi) is 3.51. The maximum Gasteiger partial charge on any atom is 0.255 e. The molecule has 0 spiro atoms. The molecule has 0 aliphatic rings. The largest absolute Gasteiger partial charge is 0.504 e. The molecule has 82 valence electrons. The van der Waals surface area contributed by atoms with Crippen molar-refractivity contribution in [2.75, 3.05) is 6.54 Å². The molecule has 0 saturated carbocycles. The summed E-state index contributed by atoms with van der Waals surface area (Å²) in [6, 6.07) is 4.05. The van der Waals surface area contributed by atoms with Crippen LogP contribution < -0.4 is 11.1 Å². The molecule has 5 heteroatoms. The van der Waals surface area contributed by atoms with Crippen molar-refractivity contribution in [2.24, 2.45) is 5.73 Å². The first kappa shape index (κ1) is 11.3. The zero-order valence-corrected chi connectivity index (χ0v) is 8.40. The van der Waals surface area contributed by atoms with Crippen molar-refractivity contribution in [1.29, 1.82) is 0 Å². The molecule has 0 fully saturated rings. The van der Waals surface area contributed by atoms with Gasteiger partial charge in [0, 0.05) is 12.6 Å². The van der Waals surface area contributed by atoms with Crippen LogP contribution in [0.2, 0.25) is 0 Å². The Labute approximate surface area is 87.5 Å². The first-order valence-electron chi connectivity index (χ1n) is 4.57. The number of nitrogens with one attached hydrogen (secondary N) is 1. The van der Waals surface area contributed by atoms with E-state index in [1.54, 1.807) is 6.92 Å². The number of phenols is 2. The number of phenolic OH excluding ortho intramolecular Hbond substituents is 2. The van der Waals surface area contributed by atoms with Gasteiger partial charge in [-0.15, -0.1) is 0 Å². The van der Waals surface area contributed by atoms with Crippen molar-refractivity contribution in [3.05, 3.63) is 23.8 Å². The van der Waals surface area contributed by atoms with E-state index >= 15 is 0 Å². The molecule has 1 aromatic carbocycles. The predicted molar refractivity (Wildman–Crippen MR) is 55.8 cm³/mol. The average Bonchev–Trinajstić information content (AvgIpc) is 2.18. The average molecular weight is 210 g/mol. The van der Waals surface area contributed by atoms with E-state index < -0.39 is 11.7 Å². The van der Waals surface area contributed by atoms with Gasteiger partial charge < -0.3 is 21.3 Å². The zero-order valence-electron chi connectivity index (χ0n) is 8.40. The molecular formula is C10H14N2O3. The van der Waals surface area contributed by atoms with Gasteiger partial charge in [-0.05, 0) is 19.1 Å². The number of carbonyl (C=O) groups is 1. The van der Waals surface area contributed by atoms with Crippen molar-refractivity contribution in [3.8, 4) is 11.5 Å². The van der Waals surface area contributed by atoms with E-state index in [0.717, 1.165) is 0 Å². The molecule has 5 N–H and O–H groups in total. The lowest BCUT2D eigenvalue weighted by Crippen LogP contribution is -2.35. The summed E-state index contributed by atoms with van der Waals surface area (Å²) in [7, 11) is 0. The van der Waals surface area contributed by atoms with Gasteiger partial charge in [0.15, 0.2) is 11.5 Å². The van der Waals surface area contributed by atoms with E-state index in [0.29, 0.717) is 6.54 Å². The van der Waals surface area contributed by atoms with Crippen LogP contribution in [0.4, 0.5) is 0 Å². The number of nitrogens with two attached hydrogens (primary N) is 1. The zero-order chi connectivity index (χ0) is 11.4. The Morgan fingerprint density at radius 1 is 1.53 bits per heavy atom. The van der Waals surface area contributed by atoms with Gasteiger partial charge in [0.1, 0.15) is 0 Å². The van der Waals surface area contributed by atoms with Crippen molar-refractivity contribution < 1.29 is 15.0 Å². The summed E-state index contributed by atoms with van der Waals surface area (Å²) >= 11 is 0. The molecule has 1 atom stereocenters. The minimum Gasteiger partial charge on any atom is -0.504 e. The van der Waals surface area contributed by atoms with Crippen LogP contribution in [0.1, 0.15) is 17.3 Å². The molecular weight excluding hydrogens is 196 g/mol. The first-order chi connectivity index (χ1) is 7.02. The molecule has 0 aliphatic carbocycles. The standard InChI is InChI=1S/C10H14N2O3/c1-6(11)5-12-10(15)7-3-2-4-8(13)9(7)14/h2-4,6,13-14H,5,11H2,1H3,(H,12,15). The minimum absolute atomic E-state index is 0.0376. The highest BCUT2D eigenvalue weighted by atomic mass is 16.3. The monoisotopic (exact) mass is 210 g/mol. The quantitative estimate of drug-likeness (QED) is 0.535. The maximum atomic E-state index is 11.5.